The molecule has 1 N–H and O–H groups in total. The van der Waals surface area contributed by atoms with Crippen LogP contribution in [0.1, 0.15) is 24.1 Å². The van der Waals surface area contributed by atoms with Gasteiger partial charge in [0.15, 0.2) is 0 Å². The Morgan fingerprint density at radius 3 is 2.90 bits per heavy atom. The van der Waals surface area contributed by atoms with Crippen molar-refractivity contribution < 1.29 is 0 Å². The molecular weight excluding hydrogens is 276 g/mol. The van der Waals surface area contributed by atoms with E-state index in [-0.39, 0.29) is 0 Å². The predicted molar refractivity (Wildman–Crippen MR) is 89.8 cm³/mol. The highest BCUT2D eigenvalue weighted by Gasteiger charge is 2.21. The van der Waals surface area contributed by atoms with Crippen LogP contribution >= 0.6 is 11.3 Å². The fraction of sp³-hybridized carbons (Fsp3) is 0.333. The maximum absolute atomic E-state index is 3.65. The minimum Gasteiger partial charge on any atom is -0.343 e. The van der Waals surface area contributed by atoms with E-state index in [0.717, 1.165) is 25.6 Å². The van der Waals surface area contributed by atoms with E-state index in [1.54, 1.807) is 11.3 Å². The lowest BCUT2D eigenvalue weighted by Gasteiger charge is -2.11. The normalized spacial score (nSPS) is 14.9. The van der Waals surface area contributed by atoms with Crippen molar-refractivity contribution in [3.8, 4) is 0 Å². The Morgan fingerprint density at radius 2 is 2.10 bits per heavy atom. The molecular formula is C18H20N2S. The summed E-state index contributed by atoms with van der Waals surface area (Å²) in [5.74, 6) is 0. The van der Waals surface area contributed by atoms with Gasteiger partial charge in [-0.1, -0.05) is 18.2 Å². The monoisotopic (exact) mass is 296 g/mol. The van der Waals surface area contributed by atoms with E-state index in [1.165, 1.54) is 35.0 Å². The zero-order valence-electron chi connectivity index (χ0n) is 12.1. The van der Waals surface area contributed by atoms with Crippen LogP contribution in [0, 0.1) is 0 Å². The first kappa shape index (κ1) is 13.1. The fourth-order valence-electron chi connectivity index (χ4n) is 2.89. The van der Waals surface area contributed by atoms with Gasteiger partial charge in [-0.3, -0.25) is 0 Å². The standard InChI is InChI=1S/C18H20N2S/c1-2-4-18-15(3-1)11-17(12-19-16-5-6-16)20(18)9-7-14-8-10-21-13-14/h1-4,8,10-11,13,16,19H,5-7,9,12H2. The van der Waals surface area contributed by atoms with E-state index >= 15 is 0 Å². The lowest BCUT2D eigenvalue weighted by molar-refractivity contribution is 0.617. The molecule has 0 saturated heterocycles. The third-order valence-electron chi connectivity index (χ3n) is 4.25. The van der Waals surface area contributed by atoms with Crippen molar-refractivity contribution in [3.05, 3.63) is 58.4 Å². The summed E-state index contributed by atoms with van der Waals surface area (Å²) >= 11 is 1.79. The molecule has 0 bridgehead atoms. The Bertz CT molecular complexity index is 723. The number of hydrogen-bond donors (Lipinski definition) is 1. The van der Waals surface area contributed by atoms with Gasteiger partial charge in [-0.05, 0) is 59.2 Å². The number of aryl methyl sites for hydroxylation is 2. The average Bonchev–Trinajstić information content (AvgIpc) is 3.07. The second-order valence-corrected chi connectivity index (χ2v) is 6.66. The second kappa shape index (κ2) is 5.66. The van der Waals surface area contributed by atoms with Gasteiger partial charge in [0.1, 0.15) is 0 Å². The molecule has 2 heterocycles. The highest BCUT2D eigenvalue weighted by molar-refractivity contribution is 7.07. The summed E-state index contributed by atoms with van der Waals surface area (Å²) in [7, 11) is 0. The molecule has 1 saturated carbocycles. The minimum atomic E-state index is 0.758. The van der Waals surface area contributed by atoms with Crippen LogP contribution in [0.15, 0.2) is 47.2 Å². The van der Waals surface area contributed by atoms with Gasteiger partial charge in [-0.15, -0.1) is 0 Å². The summed E-state index contributed by atoms with van der Waals surface area (Å²) in [6.07, 6.45) is 3.79. The van der Waals surface area contributed by atoms with Crippen LogP contribution < -0.4 is 5.32 Å². The van der Waals surface area contributed by atoms with Crippen molar-refractivity contribution in [1.82, 2.24) is 9.88 Å². The van der Waals surface area contributed by atoms with Crippen molar-refractivity contribution in [2.45, 2.75) is 38.4 Å². The number of aromatic nitrogens is 1. The van der Waals surface area contributed by atoms with E-state index in [2.05, 4.69) is 57.0 Å². The predicted octanol–water partition coefficient (Wildman–Crippen LogP) is 4.20. The maximum Gasteiger partial charge on any atom is 0.0483 e. The summed E-state index contributed by atoms with van der Waals surface area (Å²) < 4.78 is 2.49. The topological polar surface area (TPSA) is 17.0 Å². The fourth-order valence-corrected chi connectivity index (χ4v) is 3.59. The third kappa shape index (κ3) is 2.89. The van der Waals surface area contributed by atoms with Gasteiger partial charge < -0.3 is 9.88 Å². The Hall–Kier alpha value is -1.58. The van der Waals surface area contributed by atoms with Crippen LogP contribution in [0.25, 0.3) is 10.9 Å². The summed E-state index contributed by atoms with van der Waals surface area (Å²) in [4.78, 5) is 0. The highest BCUT2D eigenvalue weighted by atomic mass is 32.1. The zero-order valence-corrected chi connectivity index (χ0v) is 12.9. The van der Waals surface area contributed by atoms with E-state index in [4.69, 9.17) is 0 Å². The maximum atomic E-state index is 3.65. The largest absolute Gasteiger partial charge is 0.343 e. The summed E-state index contributed by atoms with van der Waals surface area (Å²) in [6.45, 7) is 2.05. The Balaban J connectivity index is 1.60. The Labute approximate surface area is 129 Å². The summed E-state index contributed by atoms with van der Waals surface area (Å²) in [5.41, 5.74) is 4.22. The van der Waals surface area contributed by atoms with Gasteiger partial charge >= 0.3 is 0 Å². The molecule has 1 aliphatic rings. The van der Waals surface area contributed by atoms with Crippen molar-refractivity contribution >= 4 is 22.2 Å². The molecule has 2 nitrogen and oxygen atoms in total. The van der Waals surface area contributed by atoms with Crippen LogP contribution in [0.3, 0.4) is 0 Å². The number of nitrogens with one attached hydrogen (secondary N) is 1. The van der Waals surface area contributed by atoms with E-state index < -0.39 is 0 Å². The first-order valence-corrected chi connectivity index (χ1v) is 8.66. The number of hydrogen-bond acceptors (Lipinski definition) is 2. The van der Waals surface area contributed by atoms with Gasteiger partial charge in [0.2, 0.25) is 0 Å². The second-order valence-electron chi connectivity index (χ2n) is 5.88. The quantitative estimate of drug-likeness (QED) is 0.721. The van der Waals surface area contributed by atoms with Crippen molar-refractivity contribution in [2.75, 3.05) is 0 Å². The number of nitrogens with zero attached hydrogens (tertiary/aromatic N) is 1. The van der Waals surface area contributed by atoms with Gasteiger partial charge in [-0.25, -0.2) is 0 Å². The smallest absolute Gasteiger partial charge is 0.0483 e. The molecule has 1 aromatic carbocycles. The molecule has 0 radical (unpaired) electrons. The lowest BCUT2D eigenvalue weighted by Crippen LogP contribution is -2.18. The molecule has 21 heavy (non-hydrogen) atoms. The van der Waals surface area contributed by atoms with Crippen LogP contribution in [0.4, 0.5) is 0 Å². The first-order valence-electron chi connectivity index (χ1n) is 7.72. The van der Waals surface area contributed by atoms with E-state index in [9.17, 15) is 0 Å². The summed E-state index contributed by atoms with van der Waals surface area (Å²) in [6, 6.07) is 14.1. The minimum absolute atomic E-state index is 0.758. The number of thiophene rings is 1. The molecule has 4 rings (SSSR count). The first-order chi connectivity index (χ1) is 10.4. The molecule has 108 valence electrons. The molecule has 0 aliphatic heterocycles. The molecule has 0 amide bonds. The van der Waals surface area contributed by atoms with Gasteiger partial charge in [0.25, 0.3) is 0 Å². The lowest BCUT2D eigenvalue weighted by atomic mass is 10.2. The number of para-hydroxylation sites is 1. The third-order valence-corrected chi connectivity index (χ3v) is 4.98. The van der Waals surface area contributed by atoms with Crippen molar-refractivity contribution in [3.63, 3.8) is 0 Å². The number of fused-ring (bicyclic) bond motifs is 1. The van der Waals surface area contributed by atoms with E-state index in [0.29, 0.717) is 0 Å². The van der Waals surface area contributed by atoms with E-state index in [1.807, 2.05) is 0 Å². The Morgan fingerprint density at radius 1 is 1.19 bits per heavy atom. The number of rotatable bonds is 6. The molecule has 3 heteroatoms. The van der Waals surface area contributed by atoms with Gasteiger partial charge in [0.05, 0.1) is 0 Å². The Kier molecular flexibility index (Phi) is 3.53. The molecule has 0 atom stereocenters. The summed E-state index contributed by atoms with van der Waals surface area (Å²) in [5, 5.41) is 9.43. The van der Waals surface area contributed by atoms with Crippen molar-refractivity contribution in [2.24, 2.45) is 0 Å². The average molecular weight is 296 g/mol. The van der Waals surface area contributed by atoms with Gasteiger partial charge in [-0.2, -0.15) is 11.3 Å². The molecule has 3 aromatic rings. The number of benzene rings is 1. The molecule has 0 spiro atoms. The van der Waals surface area contributed by atoms with Crippen LogP contribution in [0.2, 0.25) is 0 Å². The zero-order chi connectivity index (χ0) is 14.1. The van der Waals surface area contributed by atoms with Crippen molar-refractivity contribution in [1.29, 1.82) is 0 Å². The highest BCUT2D eigenvalue weighted by Crippen LogP contribution is 2.23. The molecule has 1 aliphatic carbocycles. The van der Waals surface area contributed by atoms with Gasteiger partial charge in [0, 0.05) is 30.3 Å². The molecule has 1 fully saturated rings. The SMILES string of the molecule is c1ccc2c(c1)cc(CNC1CC1)n2CCc1ccsc1. The molecule has 0 unspecified atom stereocenters. The van der Waals surface area contributed by atoms with Crippen LogP contribution in [0.5, 0.6) is 0 Å². The van der Waals surface area contributed by atoms with Crippen LogP contribution in [-0.2, 0) is 19.5 Å². The molecule has 2 aromatic heterocycles. The van der Waals surface area contributed by atoms with Crippen LogP contribution in [-0.4, -0.2) is 10.6 Å².